The predicted molar refractivity (Wildman–Crippen MR) is 83.5 cm³/mol. The minimum Gasteiger partial charge on any atom is -0.497 e. The van der Waals surface area contributed by atoms with Crippen LogP contribution in [0.15, 0.2) is 24.3 Å². The van der Waals surface area contributed by atoms with Crippen LogP contribution < -0.4 is 10.1 Å². The first-order chi connectivity index (χ1) is 11.0. The summed E-state index contributed by atoms with van der Waals surface area (Å²) in [5.74, 6) is 0.534. The van der Waals surface area contributed by atoms with Crippen LogP contribution in [-0.4, -0.2) is 31.1 Å². The standard InChI is InChI=1S/C17H22N2O4/c1-12(20)19-17(11-18,16-22-13(2)23-16)10-4-5-14-6-8-15(21-3)9-7-14/h6-9,13,16H,4-5,10H2,1-3H3,(H,19,20). The monoisotopic (exact) mass is 318 g/mol. The van der Waals surface area contributed by atoms with E-state index in [1.54, 1.807) is 14.0 Å². The highest BCUT2D eigenvalue weighted by Gasteiger charge is 2.48. The molecule has 0 spiro atoms. The van der Waals surface area contributed by atoms with Gasteiger partial charge in [-0.1, -0.05) is 12.1 Å². The van der Waals surface area contributed by atoms with Crippen molar-refractivity contribution in [1.82, 2.24) is 5.32 Å². The van der Waals surface area contributed by atoms with Crippen molar-refractivity contribution >= 4 is 5.91 Å². The van der Waals surface area contributed by atoms with E-state index in [2.05, 4.69) is 11.4 Å². The van der Waals surface area contributed by atoms with Crippen LogP contribution >= 0.6 is 0 Å². The summed E-state index contributed by atoms with van der Waals surface area (Å²) in [6.45, 7) is 3.14. The first-order valence-corrected chi connectivity index (χ1v) is 7.63. The summed E-state index contributed by atoms with van der Waals surface area (Å²) >= 11 is 0. The number of carbonyl (C=O) groups is 1. The van der Waals surface area contributed by atoms with Gasteiger partial charge < -0.3 is 19.5 Å². The minimum absolute atomic E-state index is 0.275. The molecule has 124 valence electrons. The quantitative estimate of drug-likeness (QED) is 0.833. The molecule has 0 aliphatic carbocycles. The summed E-state index contributed by atoms with van der Waals surface area (Å²) in [4.78, 5) is 11.5. The van der Waals surface area contributed by atoms with Crippen molar-refractivity contribution in [3.8, 4) is 11.8 Å². The van der Waals surface area contributed by atoms with Crippen molar-refractivity contribution in [2.75, 3.05) is 7.11 Å². The van der Waals surface area contributed by atoms with Gasteiger partial charge in [0.05, 0.1) is 13.2 Å². The van der Waals surface area contributed by atoms with Crippen LogP contribution in [0.25, 0.3) is 0 Å². The number of nitrogens with one attached hydrogen (secondary N) is 1. The second-order valence-electron chi connectivity index (χ2n) is 5.64. The number of rotatable bonds is 7. The SMILES string of the molecule is COc1ccc(CCCC(C#N)(NC(C)=O)C2OC(C)O2)cc1. The molecule has 1 fully saturated rings. The molecular formula is C17H22N2O4. The molecule has 1 N–H and O–H groups in total. The van der Waals surface area contributed by atoms with Gasteiger partial charge >= 0.3 is 0 Å². The van der Waals surface area contributed by atoms with Gasteiger partial charge in [0.15, 0.2) is 18.1 Å². The number of hydrogen-bond acceptors (Lipinski definition) is 5. The lowest BCUT2D eigenvalue weighted by molar-refractivity contribution is -0.392. The third-order valence-corrected chi connectivity index (χ3v) is 3.83. The van der Waals surface area contributed by atoms with Gasteiger partial charge in [0.2, 0.25) is 5.91 Å². The topological polar surface area (TPSA) is 80.6 Å². The van der Waals surface area contributed by atoms with Crippen molar-refractivity contribution in [2.24, 2.45) is 0 Å². The van der Waals surface area contributed by atoms with E-state index in [-0.39, 0.29) is 12.2 Å². The number of ether oxygens (including phenoxy) is 3. The third-order valence-electron chi connectivity index (χ3n) is 3.83. The summed E-state index contributed by atoms with van der Waals surface area (Å²) in [5, 5.41) is 12.3. The lowest BCUT2D eigenvalue weighted by Crippen LogP contribution is -2.63. The average molecular weight is 318 g/mol. The number of nitriles is 1. The molecule has 6 heteroatoms. The van der Waals surface area contributed by atoms with Crippen LogP contribution in [0.4, 0.5) is 0 Å². The molecule has 1 atom stereocenters. The molecule has 0 saturated carbocycles. The average Bonchev–Trinajstić information content (AvgIpc) is 2.51. The van der Waals surface area contributed by atoms with E-state index in [4.69, 9.17) is 14.2 Å². The van der Waals surface area contributed by atoms with Gasteiger partial charge in [-0.25, -0.2) is 0 Å². The van der Waals surface area contributed by atoms with Crippen molar-refractivity contribution in [3.63, 3.8) is 0 Å². The maximum absolute atomic E-state index is 11.5. The molecule has 23 heavy (non-hydrogen) atoms. The molecule has 1 aliphatic rings. The maximum Gasteiger partial charge on any atom is 0.218 e. The Labute approximate surface area is 136 Å². The third kappa shape index (κ3) is 4.21. The lowest BCUT2D eigenvalue weighted by Gasteiger charge is -2.43. The van der Waals surface area contributed by atoms with E-state index >= 15 is 0 Å². The molecule has 1 aliphatic heterocycles. The highest BCUT2D eigenvalue weighted by Crippen LogP contribution is 2.30. The van der Waals surface area contributed by atoms with Gasteiger partial charge in [0, 0.05) is 6.92 Å². The van der Waals surface area contributed by atoms with Crippen LogP contribution in [0, 0.1) is 11.3 Å². The Hall–Kier alpha value is -2.10. The summed E-state index contributed by atoms with van der Waals surface area (Å²) in [6.07, 6.45) is 0.893. The Kier molecular flexibility index (Phi) is 5.59. The summed E-state index contributed by atoms with van der Waals surface area (Å²) in [5.41, 5.74) is -0.00515. The molecule has 0 radical (unpaired) electrons. The molecule has 1 amide bonds. The Bertz CT molecular complexity index is 575. The van der Waals surface area contributed by atoms with Crippen LogP contribution in [-0.2, 0) is 20.7 Å². The number of hydrogen-bond donors (Lipinski definition) is 1. The van der Waals surface area contributed by atoms with Crippen molar-refractivity contribution in [1.29, 1.82) is 5.26 Å². The van der Waals surface area contributed by atoms with E-state index < -0.39 is 11.8 Å². The molecule has 1 unspecified atom stereocenters. The second-order valence-corrected chi connectivity index (χ2v) is 5.64. The molecule has 0 aromatic heterocycles. The number of aryl methyl sites for hydroxylation is 1. The normalized spacial score (nSPS) is 22.3. The second kappa shape index (κ2) is 7.44. The van der Waals surface area contributed by atoms with Crippen LogP contribution in [0.2, 0.25) is 0 Å². The summed E-state index contributed by atoms with van der Waals surface area (Å²) < 4.78 is 16.0. The van der Waals surface area contributed by atoms with Crippen LogP contribution in [0.5, 0.6) is 5.75 Å². The number of carbonyl (C=O) groups excluding carboxylic acids is 1. The molecular weight excluding hydrogens is 296 g/mol. The fourth-order valence-electron chi connectivity index (χ4n) is 2.64. The molecule has 1 aromatic rings. The minimum atomic E-state index is -1.15. The van der Waals surface area contributed by atoms with Crippen LogP contribution in [0.1, 0.15) is 32.3 Å². The fraction of sp³-hybridized carbons (Fsp3) is 0.529. The zero-order valence-corrected chi connectivity index (χ0v) is 13.7. The first kappa shape index (κ1) is 17.3. The maximum atomic E-state index is 11.5. The predicted octanol–water partition coefficient (Wildman–Crippen LogP) is 2.14. The molecule has 6 nitrogen and oxygen atoms in total. The molecule has 0 bridgehead atoms. The summed E-state index contributed by atoms with van der Waals surface area (Å²) in [7, 11) is 1.63. The van der Waals surface area contributed by atoms with Gasteiger partial charge in [-0.05, 0) is 43.9 Å². The van der Waals surface area contributed by atoms with Gasteiger partial charge in [-0.15, -0.1) is 0 Å². The summed E-state index contributed by atoms with van der Waals surface area (Å²) in [6, 6.07) is 9.96. The largest absolute Gasteiger partial charge is 0.497 e. The number of methoxy groups -OCH3 is 1. The van der Waals surface area contributed by atoms with E-state index in [0.717, 1.165) is 24.2 Å². The smallest absolute Gasteiger partial charge is 0.218 e. The zero-order valence-electron chi connectivity index (χ0n) is 13.7. The van der Waals surface area contributed by atoms with E-state index in [0.29, 0.717) is 6.42 Å². The Balaban J connectivity index is 1.97. The molecule has 1 aromatic carbocycles. The van der Waals surface area contributed by atoms with Crippen molar-refractivity contribution in [3.05, 3.63) is 29.8 Å². The molecule has 1 saturated heterocycles. The van der Waals surface area contributed by atoms with E-state index in [9.17, 15) is 10.1 Å². The number of nitrogens with zero attached hydrogens (tertiary/aromatic N) is 1. The molecule has 1 heterocycles. The van der Waals surface area contributed by atoms with Crippen molar-refractivity contribution < 1.29 is 19.0 Å². The van der Waals surface area contributed by atoms with Gasteiger partial charge in [0.1, 0.15) is 5.75 Å². The Morgan fingerprint density at radius 2 is 2.04 bits per heavy atom. The van der Waals surface area contributed by atoms with Crippen LogP contribution in [0.3, 0.4) is 0 Å². The van der Waals surface area contributed by atoms with Gasteiger partial charge in [-0.3, -0.25) is 4.79 Å². The van der Waals surface area contributed by atoms with Gasteiger partial charge in [-0.2, -0.15) is 5.26 Å². The molecule has 2 rings (SSSR count). The number of amides is 1. The highest BCUT2D eigenvalue weighted by molar-refractivity contribution is 5.74. The van der Waals surface area contributed by atoms with E-state index in [1.165, 1.54) is 6.92 Å². The zero-order chi connectivity index (χ0) is 16.9. The number of benzene rings is 1. The Morgan fingerprint density at radius 1 is 1.39 bits per heavy atom. The lowest BCUT2D eigenvalue weighted by atomic mass is 9.91. The van der Waals surface area contributed by atoms with Gasteiger partial charge in [0.25, 0.3) is 0 Å². The van der Waals surface area contributed by atoms with E-state index in [1.807, 2.05) is 24.3 Å². The first-order valence-electron chi connectivity index (χ1n) is 7.63. The fourth-order valence-corrected chi connectivity index (χ4v) is 2.64. The Morgan fingerprint density at radius 3 is 2.52 bits per heavy atom. The highest BCUT2D eigenvalue weighted by atomic mass is 16.9. The van der Waals surface area contributed by atoms with Crippen molar-refractivity contribution in [2.45, 2.75) is 51.2 Å².